The second-order valence-corrected chi connectivity index (χ2v) is 2.95. The molecule has 3 nitrogen and oxygen atoms in total. The Morgan fingerprint density at radius 1 is 1.50 bits per heavy atom. The van der Waals surface area contributed by atoms with Crippen LogP contribution in [0.4, 0.5) is 0 Å². The fourth-order valence-corrected chi connectivity index (χ4v) is 1.26. The second kappa shape index (κ2) is 4.56. The maximum Gasteiger partial charge on any atom is 0.338 e. The summed E-state index contributed by atoms with van der Waals surface area (Å²) in [5.74, 6) is -0.303. The number of rotatable bonds is 2. The van der Waals surface area contributed by atoms with Gasteiger partial charge in [-0.05, 0) is 30.2 Å². The predicted octanol–water partition coefficient (Wildman–Crippen LogP) is 1.83. The molecule has 0 unspecified atom stereocenters. The highest BCUT2D eigenvalue weighted by Gasteiger charge is 2.08. The smallest absolute Gasteiger partial charge is 0.338 e. The molecular weight excluding hydrogens is 178 g/mol. The molecule has 0 aliphatic heterocycles. The van der Waals surface area contributed by atoms with Crippen LogP contribution in [-0.2, 0) is 4.74 Å². The Morgan fingerprint density at radius 3 is 2.71 bits per heavy atom. The van der Waals surface area contributed by atoms with Gasteiger partial charge in [0.15, 0.2) is 0 Å². The highest BCUT2D eigenvalue weighted by Crippen LogP contribution is 2.10. The Kier molecular flexibility index (Phi) is 3.40. The monoisotopic (exact) mass is 191 g/mol. The van der Waals surface area contributed by atoms with Crippen LogP contribution in [0.2, 0.25) is 0 Å². The minimum Gasteiger partial charge on any atom is -0.465 e. The Bertz CT molecular complexity index is 370. The van der Waals surface area contributed by atoms with Crippen LogP contribution in [0.25, 0.3) is 0 Å². The van der Waals surface area contributed by atoms with Gasteiger partial charge in [0.05, 0.1) is 12.7 Å². The molecule has 0 aliphatic carbocycles. The lowest BCUT2D eigenvalue weighted by molar-refractivity contribution is 0.0600. The fraction of sp³-hybridized carbons (Fsp3) is 0.273. The molecule has 0 saturated carbocycles. The van der Waals surface area contributed by atoms with Crippen molar-refractivity contribution in [2.24, 2.45) is 4.99 Å². The first-order valence-corrected chi connectivity index (χ1v) is 4.30. The standard InChI is InChI=1S/C11H13NO2/c1-8-6-9(7-12-2)4-5-10(8)11(13)14-3/h4-7H,1-3H3/b12-7+. The fourth-order valence-electron chi connectivity index (χ4n) is 1.26. The van der Waals surface area contributed by atoms with E-state index in [9.17, 15) is 4.79 Å². The maximum atomic E-state index is 11.2. The van der Waals surface area contributed by atoms with Crippen molar-refractivity contribution < 1.29 is 9.53 Å². The zero-order valence-electron chi connectivity index (χ0n) is 8.57. The van der Waals surface area contributed by atoms with Gasteiger partial charge >= 0.3 is 5.97 Å². The summed E-state index contributed by atoms with van der Waals surface area (Å²) in [5.41, 5.74) is 2.48. The van der Waals surface area contributed by atoms with E-state index in [1.54, 1.807) is 19.3 Å². The third-order valence-corrected chi connectivity index (χ3v) is 1.93. The van der Waals surface area contributed by atoms with E-state index in [-0.39, 0.29) is 5.97 Å². The van der Waals surface area contributed by atoms with E-state index in [4.69, 9.17) is 0 Å². The van der Waals surface area contributed by atoms with Crippen molar-refractivity contribution in [1.29, 1.82) is 0 Å². The zero-order valence-corrected chi connectivity index (χ0v) is 8.57. The molecule has 74 valence electrons. The Hall–Kier alpha value is -1.64. The van der Waals surface area contributed by atoms with Gasteiger partial charge in [0.2, 0.25) is 0 Å². The molecule has 0 aromatic heterocycles. The summed E-state index contributed by atoms with van der Waals surface area (Å²) in [7, 11) is 3.09. The number of nitrogens with zero attached hydrogens (tertiary/aromatic N) is 1. The first kappa shape index (κ1) is 10.4. The molecule has 0 saturated heterocycles. The molecular formula is C11H13NO2. The third-order valence-electron chi connectivity index (χ3n) is 1.93. The number of carbonyl (C=O) groups is 1. The van der Waals surface area contributed by atoms with Gasteiger partial charge in [0.25, 0.3) is 0 Å². The minimum absolute atomic E-state index is 0.303. The van der Waals surface area contributed by atoms with Crippen molar-refractivity contribution >= 4 is 12.2 Å². The zero-order chi connectivity index (χ0) is 10.6. The van der Waals surface area contributed by atoms with Crippen molar-refractivity contribution in [3.05, 3.63) is 34.9 Å². The van der Waals surface area contributed by atoms with E-state index in [1.807, 2.05) is 19.1 Å². The SMILES string of the molecule is C/N=C/c1ccc(C(=O)OC)c(C)c1. The number of ether oxygens (including phenoxy) is 1. The molecule has 3 heteroatoms. The number of aryl methyl sites for hydroxylation is 1. The van der Waals surface area contributed by atoms with Gasteiger partial charge in [0, 0.05) is 13.3 Å². The molecule has 1 aromatic carbocycles. The van der Waals surface area contributed by atoms with Gasteiger partial charge in [-0.2, -0.15) is 0 Å². The van der Waals surface area contributed by atoms with E-state index in [1.165, 1.54) is 7.11 Å². The Balaban J connectivity index is 3.07. The summed E-state index contributed by atoms with van der Waals surface area (Å²) in [4.78, 5) is 15.1. The second-order valence-electron chi connectivity index (χ2n) is 2.95. The summed E-state index contributed by atoms with van der Waals surface area (Å²) in [6.07, 6.45) is 1.74. The number of carbonyl (C=O) groups excluding carboxylic acids is 1. The molecule has 0 aliphatic rings. The van der Waals surface area contributed by atoms with Gasteiger partial charge in [-0.25, -0.2) is 4.79 Å². The van der Waals surface area contributed by atoms with Crippen molar-refractivity contribution in [2.45, 2.75) is 6.92 Å². The Morgan fingerprint density at radius 2 is 2.21 bits per heavy atom. The Labute approximate surface area is 83.4 Å². The van der Waals surface area contributed by atoms with Crippen LogP contribution in [0.15, 0.2) is 23.2 Å². The van der Waals surface area contributed by atoms with Crippen LogP contribution < -0.4 is 0 Å². The van der Waals surface area contributed by atoms with E-state index in [0.717, 1.165) is 11.1 Å². The lowest BCUT2D eigenvalue weighted by Crippen LogP contribution is -2.03. The van der Waals surface area contributed by atoms with Crippen molar-refractivity contribution in [1.82, 2.24) is 0 Å². The van der Waals surface area contributed by atoms with Gasteiger partial charge in [-0.1, -0.05) is 6.07 Å². The maximum absolute atomic E-state index is 11.2. The number of esters is 1. The van der Waals surface area contributed by atoms with Gasteiger partial charge in [-0.3, -0.25) is 4.99 Å². The molecule has 0 bridgehead atoms. The number of hydrogen-bond acceptors (Lipinski definition) is 3. The van der Waals surface area contributed by atoms with Crippen LogP contribution >= 0.6 is 0 Å². The average Bonchev–Trinajstić information content (AvgIpc) is 2.17. The summed E-state index contributed by atoms with van der Waals surface area (Å²) >= 11 is 0. The summed E-state index contributed by atoms with van der Waals surface area (Å²) in [6, 6.07) is 5.49. The average molecular weight is 191 g/mol. The lowest BCUT2D eigenvalue weighted by Gasteiger charge is -2.03. The summed E-state index contributed by atoms with van der Waals surface area (Å²) in [5, 5.41) is 0. The molecule has 14 heavy (non-hydrogen) atoms. The number of hydrogen-bond donors (Lipinski definition) is 0. The van der Waals surface area contributed by atoms with E-state index in [0.29, 0.717) is 5.56 Å². The summed E-state index contributed by atoms with van der Waals surface area (Å²) in [6.45, 7) is 1.87. The van der Waals surface area contributed by atoms with Crippen LogP contribution in [0, 0.1) is 6.92 Å². The van der Waals surface area contributed by atoms with Gasteiger partial charge in [0.1, 0.15) is 0 Å². The van der Waals surface area contributed by atoms with Crippen LogP contribution in [-0.4, -0.2) is 26.3 Å². The molecule has 1 aromatic rings. The molecule has 0 N–H and O–H groups in total. The molecule has 0 spiro atoms. The summed E-state index contributed by atoms with van der Waals surface area (Å²) < 4.78 is 4.64. The molecule has 0 atom stereocenters. The lowest BCUT2D eigenvalue weighted by atomic mass is 10.1. The highest BCUT2D eigenvalue weighted by molar-refractivity contribution is 5.92. The van der Waals surface area contributed by atoms with E-state index >= 15 is 0 Å². The predicted molar refractivity (Wildman–Crippen MR) is 56.0 cm³/mol. The number of methoxy groups -OCH3 is 1. The van der Waals surface area contributed by atoms with Crippen LogP contribution in [0.1, 0.15) is 21.5 Å². The topological polar surface area (TPSA) is 38.7 Å². The van der Waals surface area contributed by atoms with E-state index < -0.39 is 0 Å². The largest absolute Gasteiger partial charge is 0.465 e. The molecule has 0 fully saturated rings. The molecule has 0 radical (unpaired) electrons. The van der Waals surface area contributed by atoms with Crippen LogP contribution in [0.3, 0.4) is 0 Å². The van der Waals surface area contributed by atoms with Crippen LogP contribution in [0.5, 0.6) is 0 Å². The minimum atomic E-state index is -0.303. The first-order valence-electron chi connectivity index (χ1n) is 4.30. The normalized spacial score (nSPS) is 10.5. The first-order chi connectivity index (χ1) is 6.69. The van der Waals surface area contributed by atoms with Crippen molar-refractivity contribution in [3.8, 4) is 0 Å². The molecule has 0 amide bonds. The van der Waals surface area contributed by atoms with Crippen molar-refractivity contribution in [3.63, 3.8) is 0 Å². The molecule has 1 rings (SSSR count). The number of benzene rings is 1. The molecule has 0 heterocycles. The highest BCUT2D eigenvalue weighted by atomic mass is 16.5. The quantitative estimate of drug-likeness (QED) is 0.528. The third kappa shape index (κ3) is 2.19. The van der Waals surface area contributed by atoms with E-state index in [2.05, 4.69) is 9.73 Å². The number of aliphatic imine (C=N–C) groups is 1. The van der Waals surface area contributed by atoms with Gasteiger partial charge in [-0.15, -0.1) is 0 Å². The van der Waals surface area contributed by atoms with Gasteiger partial charge < -0.3 is 4.74 Å². The van der Waals surface area contributed by atoms with Crippen molar-refractivity contribution in [2.75, 3.05) is 14.2 Å².